The van der Waals surface area contributed by atoms with Gasteiger partial charge in [0.1, 0.15) is 4.88 Å². The molecule has 0 saturated carbocycles. The minimum atomic E-state index is -0.721. The highest BCUT2D eigenvalue weighted by Gasteiger charge is 2.17. The Bertz CT molecular complexity index is 624. The second-order valence-corrected chi connectivity index (χ2v) is 5.72. The van der Waals surface area contributed by atoms with Crippen molar-refractivity contribution in [3.05, 3.63) is 28.6 Å². The minimum Gasteiger partial charge on any atom is -0.397 e. The summed E-state index contributed by atoms with van der Waals surface area (Å²) in [6.07, 6.45) is -0.721. The number of nitrogen functional groups attached to an aromatic ring is 1. The Kier molecular flexibility index (Phi) is 4.59. The van der Waals surface area contributed by atoms with E-state index in [1.165, 1.54) is 18.4 Å². The number of thiophene rings is 1. The number of ether oxygens (including phenoxy) is 1. The van der Waals surface area contributed by atoms with Gasteiger partial charge >= 0.3 is 0 Å². The third-order valence-electron chi connectivity index (χ3n) is 2.95. The number of carbonyl (C=O) groups excluding carboxylic acids is 1. The Morgan fingerprint density at radius 2 is 2.30 bits per heavy atom. The van der Waals surface area contributed by atoms with Gasteiger partial charge in [-0.3, -0.25) is 4.79 Å². The molecule has 0 radical (unpaired) electrons. The van der Waals surface area contributed by atoms with E-state index in [2.05, 4.69) is 5.32 Å². The summed E-state index contributed by atoms with van der Waals surface area (Å²) in [6, 6.07) is 5.92. The van der Waals surface area contributed by atoms with Crippen LogP contribution in [0.5, 0.6) is 0 Å². The summed E-state index contributed by atoms with van der Waals surface area (Å²) in [5.41, 5.74) is 7.63. The molecule has 6 heteroatoms. The fraction of sp³-hybridized carbons (Fsp3) is 0.357. The number of hydrogen-bond donors (Lipinski definition) is 3. The Balaban J connectivity index is 2.16. The molecule has 108 valence electrons. The van der Waals surface area contributed by atoms with Gasteiger partial charge in [0.05, 0.1) is 18.4 Å². The Labute approximate surface area is 121 Å². The number of aliphatic hydroxyl groups is 1. The lowest BCUT2D eigenvalue weighted by Gasteiger charge is -2.10. The first kappa shape index (κ1) is 14.8. The number of amides is 1. The number of nitrogens with two attached hydrogens (primary N) is 1. The molecule has 1 atom stereocenters. The molecule has 0 aliphatic carbocycles. The molecule has 0 spiro atoms. The van der Waals surface area contributed by atoms with E-state index in [1.807, 2.05) is 25.1 Å². The molecular weight excluding hydrogens is 276 g/mol. The van der Waals surface area contributed by atoms with Gasteiger partial charge in [-0.05, 0) is 19.1 Å². The average Bonchev–Trinajstić information content (AvgIpc) is 2.74. The number of aryl methyl sites for hydroxylation is 1. The molecule has 0 aliphatic rings. The summed E-state index contributed by atoms with van der Waals surface area (Å²) in [4.78, 5) is 12.6. The molecule has 4 N–H and O–H groups in total. The lowest BCUT2D eigenvalue weighted by atomic mass is 10.1. The summed E-state index contributed by atoms with van der Waals surface area (Å²) in [5.74, 6) is -0.267. The van der Waals surface area contributed by atoms with Crippen molar-refractivity contribution in [3.63, 3.8) is 0 Å². The van der Waals surface area contributed by atoms with Crippen LogP contribution >= 0.6 is 11.3 Å². The number of fused-ring (bicyclic) bond motifs is 1. The predicted molar refractivity (Wildman–Crippen MR) is 81.2 cm³/mol. The zero-order valence-electron chi connectivity index (χ0n) is 11.5. The summed E-state index contributed by atoms with van der Waals surface area (Å²) < 4.78 is 5.79. The second kappa shape index (κ2) is 6.21. The minimum absolute atomic E-state index is 0.138. The lowest BCUT2D eigenvalue weighted by molar-refractivity contribution is 0.0611. The van der Waals surface area contributed by atoms with E-state index in [1.54, 1.807) is 0 Å². The van der Waals surface area contributed by atoms with Crippen LogP contribution in [0.3, 0.4) is 0 Å². The van der Waals surface area contributed by atoms with Crippen LogP contribution in [0.1, 0.15) is 15.2 Å². The maximum Gasteiger partial charge on any atom is 0.263 e. The van der Waals surface area contributed by atoms with E-state index in [4.69, 9.17) is 10.5 Å². The van der Waals surface area contributed by atoms with E-state index < -0.39 is 6.10 Å². The van der Waals surface area contributed by atoms with Gasteiger partial charge in [-0.2, -0.15) is 0 Å². The van der Waals surface area contributed by atoms with Crippen LogP contribution < -0.4 is 11.1 Å². The van der Waals surface area contributed by atoms with E-state index in [-0.39, 0.29) is 19.1 Å². The largest absolute Gasteiger partial charge is 0.397 e. The number of benzene rings is 1. The van der Waals surface area contributed by atoms with Crippen LogP contribution in [-0.4, -0.2) is 37.4 Å². The second-order valence-electron chi connectivity index (χ2n) is 4.66. The maximum absolute atomic E-state index is 12.1. The number of nitrogens with one attached hydrogen (secondary N) is 1. The van der Waals surface area contributed by atoms with Gasteiger partial charge in [-0.25, -0.2) is 0 Å². The number of anilines is 1. The fourth-order valence-corrected chi connectivity index (χ4v) is 2.96. The van der Waals surface area contributed by atoms with Crippen molar-refractivity contribution >= 4 is 33.0 Å². The summed E-state index contributed by atoms with van der Waals surface area (Å²) in [7, 11) is 1.50. The van der Waals surface area contributed by atoms with Crippen molar-refractivity contribution in [1.82, 2.24) is 5.32 Å². The zero-order valence-corrected chi connectivity index (χ0v) is 12.3. The molecule has 20 heavy (non-hydrogen) atoms. The number of aliphatic hydroxyl groups excluding tert-OH is 1. The highest BCUT2D eigenvalue weighted by Crippen LogP contribution is 2.34. The van der Waals surface area contributed by atoms with Crippen molar-refractivity contribution < 1.29 is 14.6 Å². The van der Waals surface area contributed by atoms with Crippen molar-refractivity contribution in [2.75, 3.05) is 26.0 Å². The number of rotatable bonds is 5. The summed E-state index contributed by atoms with van der Waals surface area (Å²) >= 11 is 1.36. The third-order valence-corrected chi connectivity index (χ3v) is 4.13. The number of hydrogen-bond acceptors (Lipinski definition) is 5. The smallest absolute Gasteiger partial charge is 0.263 e. The molecule has 1 aromatic carbocycles. The van der Waals surface area contributed by atoms with Crippen molar-refractivity contribution in [3.8, 4) is 0 Å². The van der Waals surface area contributed by atoms with Gasteiger partial charge in [-0.15, -0.1) is 11.3 Å². The van der Waals surface area contributed by atoms with Crippen LogP contribution in [0.25, 0.3) is 10.1 Å². The molecule has 1 heterocycles. The molecule has 2 rings (SSSR count). The van der Waals surface area contributed by atoms with E-state index >= 15 is 0 Å². The van der Waals surface area contributed by atoms with Crippen molar-refractivity contribution in [2.45, 2.75) is 13.0 Å². The molecular formula is C14H18N2O3S. The highest BCUT2D eigenvalue weighted by atomic mass is 32.1. The molecule has 2 aromatic rings. The fourth-order valence-electron chi connectivity index (χ4n) is 1.94. The first-order chi connectivity index (χ1) is 9.52. The predicted octanol–water partition coefficient (Wildman–Crippen LogP) is 1.53. The summed E-state index contributed by atoms with van der Waals surface area (Å²) in [6.45, 7) is 2.30. The van der Waals surface area contributed by atoms with Crippen LogP contribution in [0.2, 0.25) is 0 Å². The maximum atomic E-state index is 12.1. The lowest BCUT2D eigenvalue weighted by Crippen LogP contribution is -2.34. The van der Waals surface area contributed by atoms with Gasteiger partial charge in [-0.1, -0.05) is 11.6 Å². The van der Waals surface area contributed by atoms with E-state index in [9.17, 15) is 9.90 Å². The molecule has 1 amide bonds. The normalized spacial score (nSPS) is 12.6. The number of methoxy groups -OCH3 is 1. The standard InChI is InChI=1S/C14H18N2O3S/c1-8-3-4-11-10(5-8)12(15)13(20-11)14(18)16-6-9(17)7-19-2/h3-5,9,17H,6-7,15H2,1-2H3,(H,16,18). The topological polar surface area (TPSA) is 84.6 Å². The van der Waals surface area contributed by atoms with E-state index in [0.717, 1.165) is 15.6 Å². The highest BCUT2D eigenvalue weighted by molar-refractivity contribution is 7.21. The quantitative estimate of drug-likeness (QED) is 0.781. The SMILES string of the molecule is COCC(O)CNC(=O)c1sc2ccc(C)cc2c1N. The first-order valence-electron chi connectivity index (χ1n) is 6.26. The van der Waals surface area contributed by atoms with Crippen LogP contribution in [0.4, 0.5) is 5.69 Å². The van der Waals surface area contributed by atoms with Crippen LogP contribution in [0, 0.1) is 6.92 Å². The molecule has 0 bridgehead atoms. The van der Waals surface area contributed by atoms with E-state index in [0.29, 0.717) is 10.6 Å². The van der Waals surface area contributed by atoms with Gasteiger partial charge in [0.2, 0.25) is 0 Å². The van der Waals surface area contributed by atoms with Gasteiger partial charge in [0.15, 0.2) is 0 Å². The summed E-state index contributed by atoms with van der Waals surface area (Å²) in [5, 5.41) is 13.1. The first-order valence-corrected chi connectivity index (χ1v) is 7.08. The molecule has 1 unspecified atom stereocenters. The van der Waals surface area contributed by atoms with Gasteiger partial charge in [0, 0.05) is 23.7 Å². The van der Waals surface area contributed by atoms with Gasteiger partial charge < -0.3 is 20.9 Å². The molecule has 5 nitrogen and oxygen atoms in total. The number of carbonyl (C=O) groups is 1. The zero-order chi connectivity index (χ0) is 14.7. The van der Waals surface area contributed by atoms with Gasteiger partial charge in [0.25, 0.3) is 5.91 Å². The van der Waals surface area contributed by atoms with Crippen molar-refractivity contribution in [2.24, 2.45) is 0 Å². The molecule has 1 aromatic heterocycles. The average molecular weight is 294 g/mol. The van der Waals surface area contributed by atoms with Crippen molar-refractivity contribution in [1.29, 1.82) is 0 Å². The Hall–Kier alpha value is -1.63. The monoisotopic (exact) mass is 294 g/mol. The van der Waals surface area contributed by atoms with Crippen LogP contribution in [-0.2, 0) is 4.74 Å². The molecule has 0 fully saturated rings. The molecule has 0 saturated heterocycles. The van der Waals surface area contributed by atoms with Crippen LogP contribution in [0.15, 0.2) is 18.2 Å². The Morgan fingerprint density at radius 1 is 1.55 bits per heavy atom. The third kappa shape index (κ3) is 3.09. The Morgan fingerprint density at radius 3 is 3.00 bits per heavy atom. The molecule has 0 aliphatic heterocycles.